The maximum Gasteiger partial charge on any atom is 0.191 e. The van der Waals surface area contributed by atoms with Crippen LogP contribution in [0.5, 0.6) is 5.75 Å². The molecule has 1 saturated heterocycles. The zero-order valence-corrected chi connectivity index (χ0v) is 16.2. The summed E-state index contributed by atoms with van der Waals surface area (Å²) >= 11 is 0. The fraction of sp³-hybridized carbons (Fsp3) is 0.650. The van der Waals surface area contributed by atoms with Crippen molar-refractivity contribution in [3.8, 4) is 5.75 Å². The average molecular weight is 347 g/mol. The Balaban J connectivity index is 2.21. The monoisotopic (exact) mass is 346 g/mol. The molecule has 1 aromatic rings. The highest BCUT2D eigenvalue weighted by atomic mass is 16.5. The van der Waals surface area contributed by atoms with Gasteiger partial charge in [0.1, 0.15) is 5.75 Å². The Labute approximate surface area is 152 Å². The van der Waals surface area contributed by atoms with Gasteiger partial charge in [-0.1, -0.05) is 25.1 Å². The minimum Gasteiger partial charge on any atom is -0.496 e. The van der Waals surface area contributed by atoms with Crippen molar-refractivity contribution in [1.29, 1.82) is 0 Å². The summed E-state index contributed by atoms with van der Waals surface area (Å²) in [5.74, 6) is 1.85. The van der Waals surface area contributed by atoms with Crippen molar-refractivity contribution in [2.45, 2.75) is 52.1 Å². The molecule has 2 N–H and O–H groups in total. The van der Waals surface area contributed by atoms with Crippen LogP contribution in [-0.4, -0.2) is 50.2 Å². The summed E-state index contributed by atoms with van der Waals surface area (Å²) in [6, 6.07) is 9.01. The number of aliphatic imine (C=N–C) groups is 1. The second-order valence-corrected chi connectivity index (χ2v) is 6.67. The second-order valence-electron chi connectivity index (χ2n) is 6.67. The summed E-state index contributed by atoms with van der Waals surface area (Å²) in [6.07, 6.45) is 3.60. The number of ether oxygens (including phenoxy) is 1. The molecule has 0 bridgehead atoms. The molecule has 5 heteroatoms. The molecule has 0 aliphatic carbocycles. The number of guanidine groups is 1. The summed E-state index contributed by atoms with van der Waals surface area (Å²) in [7, 11) is 1.75. The van der Waals surface area contributed by atoms with E-state index in [0.29, 0.717) is 6.04 Å². The van der Waals surface area contributed by atoms with Crippen LogP contribution in [0.1, 0.15) is 51.6 Å². The zero-order valence-electron chi connectivity index (χ0n) is 16.2. The summed E-state index contributed by atoms with van der Waals surface area (Å²) < 4.78 is 5.62. The standard InChI is InChI=1S/C20H34N4O/c1-5-16(3)23-20(21-6-2)22-15-18(24-13-9-10-14-24)17-11-7-8-12-19(17)25-4/h7-8,11-12,16,18H,5-6,9-10,13-15H2,1-4H3,(H2,21,22,23). The highest BCUT2D eigenvalue weighted by Gasteiger charge is 2.25. The molecule has 2 rings (SSSR count). The molecule has 1 aliphatic heterocycles. The predicted octanol–water partition coefficient (Wildman–Crippen LogP) is 3.19. The van der Waals surface area contributed by atoms with Gasteiger partial charge in [-0.05, 0) is 52.3 Å². The molecule has 0 amide bonds. The first kappa shape index (κ1) is 19.6. The van der Waals surface area contributed by atoms with Crippen LogP contribution in [0.15, 0.2) is 29.3 Å². The summed E-state index contributed by atoms with van der Waals surface area (Å²) in [5, 5.41) is 6.85. The first-order valence-electron chi connectivity index (χ1n) is 9.61. The maximum atomic E-state index is 5.62. The lowest BCUT2D eigenvalue weighted by Crippen LogP contribution is -2.42. The molecule has 0 radical (unpaired) electrons. The molecule has 1 heterocycles. The van der Waals surface area contributed by atoms with E-state index in [0.717, 1.165) is 44.3 Å². The van der Waals surface area contributed by atoms with E-state index in [9.17, 15) is 0 Å². The third-order valence-corrected chi connectivity index (χ3v) is 4.84. The minimum atomic E-state index is 0.256. The lowest BCUT2D eigenvalue weighted by Gasteiger charge is -2.28. The van der Waals surface area contributed by atoms with Crippen LogP contribution in [0, 0.1) is 0 Å². The molecular weight excluding hydrogens is 312 g/mol. The molecule has 2 atom stereocenters. The van der Waals surface area contributed by atoms with Gasteiger partial charge in [-0.3, -0.25) is 9.89 Å². The van der Waals surface area contributed by atoms with Crippen molar-refractivity contribution in [3.63, 3.8) is 0 Å². The Morgan fingerprint density at radius 2 is 1.96 bits per heavy atom. The predicted molar refractivity (Wildman–Crippen MR) is 105 cm³/mol. The van der Waals surface area contributed by atoms with E-state index < -0.39 is 0 Å². The first-order chi connectivity index (χ1) is 12.2. The Kier molecular flexibility index (Phi) is 8.06. The van der Waals surface area contributed by atoms with Gasteiger partial charge in [0.2, 0.25) is 0 Å². The summed E-state index contributed by atoms with van der Waals surface area (Å²) in [6.45, 7) is 10.3. The lowest BCUT2D eigenvalue weighted by molar-refractivity contribution is 0.245. The third kappa shape index (κ3) is 5.63. The molecule has 0 aromatic heterocycles. The van der Waals surface area contributed by atoms with Crippen molar-refractivity contribution < 1.29 is 4.74 Å². The van der Waals surface area contributed by atoms with E-state index in [1.807, 2.05) is 12.1 Å². The number of rotatable bonds is 8. The molecular formula is C20H34N4O. The van der Waals surface area contributed by atoms with Crippen molar-refractivity contribution >= 4 is 5.96 Å². The molecule has 1 fully saturated rings. The SMILES string of the molecule is CCNC(=NCC(c1ccccc1OC)N1CCCC1)NC(C)CC. The van der Waals surface area contributed by atoms with Gasteiger partial charge >= 0.3 is 0 Å². The fourth-order valence-electron chi connectivity index (χ4n) is 3.24. The van der Waals surface area contributed by atoms with Crippen LogP contribution in [0.2, 0.25) is 0 Å². The van der Waals surface area contributed by atoms with Crippen LogP contribution in [0.3, 0.4) is 0 Å². The van der Waals surface area contributed by atoms with Crippen molar-refractivity contribution in [2.24, 2.45) is 4.99 Å². The minimum absolute atomic E-state index is 0.256. The summed E-state index contributed by atoms with van der Waals surface area (Å²) in [4.78, 5) is 7.43. The Morgan fingerprint density at radius 1 is 1.24 bits per heavy atom. The van der Waals surface area contributed by atoms with Gasteiger partial charge in [-0.15, -0.1) is 0 Å². The number of para-hydroxylation sites is 1. The number of hydrogen-bond acceptors (Lipinski definition) is 3. The molecule has 5 nitrogen and oxygen atoms in total. The van der Waals surface area contributed by atoms with Gasteiger partial charge < -0.3 is 15.4 Å². The van der Waals surface area contributed by atoms with E-state index in [4.69, 9.17) is 9.73 Å². The Bertz CT molecular complexity index is 540. The average Bonchev–Trinajstić information content (AvgIpc) is 3.16. The van der Waals surface area contributed by atoms with E-state index in [2.05, 4.69) is 48.4 Å². The van der Waals surface area contributed by atoms with Gasteiger partial charge in [0, 0.05) is 18.2 Å². The van der Waals surface area contributed by atoms with Gasteiger partial charge in [-0.2, -0.15) is 0 Å². The van der Waals surface area contributed by atoms with Crippen LogP contribution < -0.4 is 15.4 Å². The van der Waals surface area contributed by atoms with Crippen LogP contribution in [0.4, 0.5) is 0 Å². The third-order valence-electron chi connectivity index (χ3n) is 4.84. The fourth-order valence-corrected chi connectivity index (χ4v) is 3.24. The highest BCUT2D eigenvalue weighted by molar-refractivity contribution is 5.80. The van der Waals surface area contributed by atoms with Crippen LogP contribution in [0.25, 0.3) is 0 Å². The topological polar surface area (TPSA) is 48.9 Å². The first-order valence-corrected chi connectivity index (χ1v) is 9.61. The molecule has 2 unspecified atom stereocenters. The number of hydrogen-bond donors (Lipinski definition) is 2. The zero-order chi connectivity index (χ0) is 18.1. The number of methoxy groups -OCH3 is 1. The molecule has 1 aromatic carbocycles. The van der Waals surface area contributed by atoms with E-state index >= 15 is 0 Å². The lowest BCUT2D eigenvalue weighted by atomic mass is 10.0. The molecule has 1 aliphatic rings. The molecule has 140 valence electrons. The van der Waals surface area contributed by atoms with E-state index in [1.165, 1.54) is 18.4 Å². The van der Waals surface area contributed by atoms with Crippen LogP contribution in [-0.2, 0) is 0 Å². The molecule has 25 heavy (non-hydrogen) atoms. The van der Waals surface area contributed by atoms with Crippen molar-refractivity contribution in [2.75, 3.05) is 33.3 Å². The van der Waals surface area contributed by atoms with Gasteiger partial charge in [0.25, 0.3) is 0 Å². The Morgan fingerprint density at radius 3 is 2.60 bits per heavy atom. The number of likely N-dealkylation sites (tertiary alicyclic amines) is 1. The highest BCUT2D eigenvalue weighted by Crippen LogP contribution is 2.31. The smallest absolute Gasteiger partial charge is 0.191 e. The normalized spacial score (nSPS) is 18.0. The molecule has 0 saturated carbocycles. The van der Waals surface area contributed by atoms with Crippen molar-refractivity contribution in [3.05, 3.63) is 29.8 Å². The second kappa shape index (κ2) is 10.3. The van der Waals surface area contributed by atoms with E-state index in [-0.39, 0.29) is 6.04 Å². The quantitative estimate of drug-likeness (QED) is 0.561. The van der Waals surface area contributed by atoms with E-state index in [1.54, 1.807) is 7.11 Å². The van der Waals surface area contributed by atoms with Crippen LogP contribution >= 0.6 is 0 Å². The van der Waals surface area contributed by atoms with Gasteiger partial charge in [0.15, 0.2) is 5.96 Å². The number of nitrogens with one attached hydrogen (secondary N) is 2. The summed E-state index contributed by atoms with van der Waals surface area (Å²) in [5.41, 5.74) is 1.23. The maximum absolute atomic E-state index is 5.62. The largest absolute Gasteiger partial charge is 0.496 e. The van der Waals surface area contributed by atoms with Gasteiger partial charge in [-0.25, -0.2) is 0 Å². The van der Waals surface area contributed by atoms with Crippen molar-refractivity contribution in [1.82, 2.24) is 15.5 Å². The number of benzene rings is 1. The van der Waals surface area contributed by atoms with Gasteiger partial charge in [0.05, 0.1) is 19.7 Å². The Hall–Kier alpha value is -1.75. The number of nitrogens with zero attached hydrogens (tertiary/aromatic N) is 2. The molecule has 0 spiro atoms.